The third kappa shape index (κ3) is 3.06. The predicted octanol–water partition coefficient (Wildman–Crippen LogP) is 4.18. The summed E-state index contributed by atoms with van der Waals surface area (Å²) in [6.45, 7) is 1.34. The zero-order chi connectivity index (χ0) is 14.9. The lowest BCUT2D eigenvalue weighted by Crippen LogP contribution is -2.43. The summed E-state index contributed by atoms with van der Waals surface area (Å²) in [6.07, 6.45) is 8.61. The van der Waals surface area contributed by atoms with Crippen LogP contribution >= 0.6 is 15.9 Å². The molecule has 1 aliphatic carbocycles. The summed E-state index contributed by atoms with van der Waals surface area (Å²) in [5, 5.41) is 0. The van der Waals surface area contributed by atoms with Gasteiger partial charge in [0.1, 0.15) is 0 Å². The van der Waals surface area contributed by atoms with E-state index in [2.05, 4.69) is 15.9 Å². The van der Waals surface area contributed by atoms with Gasteiger partial charge in [-0.1, -0.05) is 31.4 Å². The molecular weight excluding hydrogens is 350 g/mol. The van der Waals surface area contributed by atoms with Crippen LogP contribution in [0.3, 0.4) is 0 Å². The summed E-state index contributed by atoms with van der Waals surface area (Å²) < 4.78 is 27.9. The van der Waals surface area contributed by atoms with Crippen LogP contribution in [0.5, 0.6) is 0 Å². The fourth-order valence-electron chi connectivity index (χ4n) is 3.80. The number of hydrogen-bond acceptors (Lipinski definition) is 2. The standard InChI is InChI=1S/C16H22BrNO2S/c17-14-6-2-3-7-15(14)21(19,20)18-12-10-16(11-13-18)8-4-1-5-9-16/h2-3,6-7H,1,4-5,8-13H2. The van der Waals surface area contributed by atoms with Crippen molar-refractivity contribution >= 4 is 26.0 Å². The van der Waals surface area contributed by atoms with Gasteiger partial charge in [-0.05, 0) is 59.2 Å². The SMILES string of the molecule is O=S(=O)(c1ccccc1Br)N1CCC2(CCCCC2)CC1. The summed E-state index contributed by atoms with van der Waals surface area (Å²) in [6, 6.07) is 7.10. The van der Waals surface area contributed by atoms with E-state index in [1.165, 1.54) is 32.1 Å². The molecule has 0 bridgehead atoms. The second-order valence-electron chi connectivity index (χ2n) is 6.40. The number of nitrogens with zero attached hydrogens (tertiary/aromatic N) is 1. The lowest BCUT2D eigenvalue weighted by atomic mass is 9.68. The molecule has 2 fully saturated rings. The summed E-state index contributed by atoms with van der Waals surface area (Å²) in [7, 11) is -3.36. The highest BCUT2D eigenvalue weighted by molar-refractivity contribution is 9.10. The average Bonchev–Trinajstić information content (AvgIpc) is 2.49. The Morgan fingerprint density at radius 3 is 2.19 bits per heavy atom. The van der Waals surface area contributed by atoms with Crippen LogP contribution in [0.15, 0.2) is 33.6 Å². The highest BCUT2D eigenvalue weighted by Crippen LogP contribution is 2.45. The van der Waals surface area contributed by atoms with Crippen molar-refractivity contribution in [3.05, 3.63) is 28.7 Å². The molecule has 21 heavy (non-hydrogen) atoms. The average molecular weight is 372 g/mol. The maximum absolute atomic E-state index is 12.8. The van der Waals surface area contributed by atoms with Gasteiger partial charge < -0.3 is 0 Å². The zero-order valence-electron chi connectivity index (χ0n) is 12.2. The smallest absolute Gasteiger partial charge is 0.207 e. The molecule has 116 valence electrons. The number of benzene rings is 1. The van der Waals surface area contributed by atoms with Crippen molar-refractivity contribution in [2.24, 2.45) is 5.41 Å². The van der Waals surface area contributed by atoms with Crippen molar-refractivity contribution in [2.75, 3.05) is 13.1 Å². The van der Waals surface area contributed by atoms with Gasteiger partial charge in [0, 0.05) is 17.6 Å². The van der Waals surface area contributed by atoms with Crippen LogP contribution < -0.4 is 0 Å². The maximum Gasteiger partial charge on any atom is 0.244 e. The van der Waals surface area contributed by atoms with E-state index in [0.717, 1.165) is 12.8 Å². The molecule has 0 unspecified atom stereocenters. The van der Waals surface area contributed by atoms with Crippen LogP contribution in [-0.4, -0.2) is 25.8 Å². The Labute approximate surface area is 135 Å². The van der Waals surface area contributed by atoms with Crippen LogP contribution in [0.2, 0.25) is 0 Å². The third-order valence-corrected chi connectivity index (χ3v) is 8.06. The van der Waals surface area contributed by atoms with E-state index in [9.17, 15) is 8.42 Å². The van der Waals surface area contributed by atoms with Gasteiger partial charge in [0.25, 0.3) is 0 Å². The molecule has 2 aliphatic rings. The van der Waals surface area contributed by atoms with Crippen LogP contribution in [0.4, 0.5) is 0 Å². The molecule has 1 saturated carbocycles. The van der Waals surface area contributed by atoms with Gasteiger partial charge >= 0.3 is 0 Å². The predicted molar refractivity (Wildman–Crippen MR) is 87.7 cm³/mol. The normalized spacial score (nSPS) is 23.3. The summed E-state index contributed by atoms with van der Waals surface area (Å²) in [5.74, 6) is 0. The quantitative estimate of drug-likeness (QED) is 0.781. The maximum atomic E-state index is 12.8. The fraction of sp³-hybridized carbons (Fsp3) is 0.625. The van der Waals surface area contributed by atoms with E-state index < -0.39 is 10.0 Å². The molecule has 3 rings (SSSR count). The Bertz CT molecular complexity index is 598. The van der Waals surface area contributed by atoms with Crippen LogP contribution in [0.1, 0.15) is 44.9 Å². The highest BCUT2D eigenvalue weighted by Gasteiger charge is 2.39. The van der Waals surface area contributed by atoms with E-state index in [1.54, 1.807) is 22.5 Å². The number of rotatable bonds is 2. The van der Waals surface area contributed by atoms with Crippen LogP contribution in [0, 0.1) is 5.41 Å². The van der Waals surface area contributed by atoms with Gasteiger partial charge in [-0.25, -0.2) is 8.42 Å². The number of sulfonamides is 1. The van der Waals surface area contributed by atoms with Crippen LogP contribution in [-0.2, 0) is 10.0 Å². The largest absolute Gasteiger partial charge is 0.244 e. The summed E-state index contributed by atoms with van der Waals surface area (Å²) in [5.41, 5.74) is 0.429. The van der Waals surface area contributed by atoms with E-state index >= 15 is 0 Å². The molecule has 0 radical (unpaired) electrons. The Hall–Kier alpha value is -0.390. The third-order valence-electron chi connectivity index (χ3n) is 5.15. The van der Waals surface area contributed by atoms with Crippen molar-refractivity contribution < 1.29 is 8.42 Å². The molecular formula is C16H22BrNO2S. The molecule has 0 atom stereocenters. The lowest BCUT2D eigenvalue weighted by molar-refractivity contribution is 0.102. The first kappa shape index (κ1) is 15.5. The molecule has 5 heteroatoms. The Morgan fingerprint density at radius 1 is 0.952 bits per heavy atom. The lowest BCUT2D eigenvalue weighted by Gasteiger charge is -2.43. The van der Waals surface area contributed by atoms with E-state index in [-0.39, 0.29) is 0 Å². The Balaban J connectivity index is 1.76. The topological polar surface area (TPSA) is 37.4 Å². The molecule has 1 aromatic carbocycles. The summed E-state index contributed by atoms with van der Waals surface area (Å²) >= 11 is 3.36. The van der Waals surface area contributed by atoms with Crippen molar-refractivity contribution in [3.63, 3.8) is 0 Å². The van der Waals surface area contributed by atoms with Crippen molar-refractivity contribution in [2.45, 2.75) is 49.8 Å². The monoisotopic (exact) mass is 371 g/mol. The summed E-state index contributed by atoms with van der Waals surface area (Å²) in [4.78, 5) is 0.393. The molecule has 0 N–H and O–H groups in total. The van der Waals surface area contributed by atoms with E-state index in [0.29, 0.717) is 27.9 Å². The molecule has 3 nitrogen and oxygen atoms in total. The van der Waals surface area contributed by atoms with Gasteiger partial charge in [-0.15, -0.1) is 0 Å². The van der Waals surface area contributed by atoms with Crippen molar-refractivity contribution in [1.29, 1.82) is 0 Å². The molecule has 0 amide bonds. The minimum atomic E-state index is -3.36. The molecule has 1 aliphatic heterocycles. The molecule has 1 heterocycles. The molecule has 0 aromatic heterocycles. The first-order valence-electron chi connectivity index (χ1n) is 7.78. The number of piperidine rings is 1. The van der Waals surface area contributed by atoms with Gasteiger partial charge in [0.05, 0.1) is 4.90 Å². The number of halogens is 1. The minimum Gasteiger partial charge on any atom is -0.207 e. The van der Waals surface area contributed by atoms with Gasteiger partial charge in [0.15, 0.2) is 0 Å². The second-order valence-corrected chi connectivity index (χ2v) is 9.16. The fourth-order valence-corrected chi connectivity index (χ4v) is 6.20. The first-order chi connectivity index (χ1) is 10.0. The van der Waals surface area contributed by atoms with Gasteiger partial charge in [0.2, 0.25) is 10.0 Å². The van der Waals surface area contributed by atoms with E-state index in [4.69, 9.17) is 0 Å². The van der Waals surface area contributed by atoms with Crippen LogP contribution in [0.25, 0.3) is 0 Å². The first-order valence-corrected chi connectivity index (χ1v) is 10.0. The highest BCUT2D eigenvalue weighted by atomic mass is 79.9. The van der Waals surface area contributed by atoms with Crippen molar-refractivity contribution in [1.82, 2.24) is 4.31 Å². The van der Waals surface area contributed by atoms with Gasteiger partial charge in [-0.2, -0.15) is 4.31 Å². The van der Waals surface area contributed by atoms with E-state index in [1.807, 2.05) is 6.07 Å². The second kappa shape index (κ2) is 6.01. The Kier molecular flexibility index (Phi) is 4.44. The molecule has 1 aromatic rings. The molecule has 1 spiro atoms. The zero-order valence-corrected chi connectivity index (χ0v) is 14.6. The molecule has 1 saturated heterocycles. The van der Waals surface area contributed by atoms with Gasteiger partial charge in [-0.3, -0.25) is 0 Å². The minimum absolute atomic E-state index is 0.393. The Morgan fingerprint density at radius 2 is 1.57 bits per heavy atom. The van der Waals surface area contributed by atoms with Crippen molar-refractivity contribution in [3.8, 4) is 0 Å². The number of hydrogen-bond donors (Lipinski definition) is 0.